The van der Waals surface area contributed by atoms with Gasteiger partial charge in [-0.3, -0.25) is 9.59 Å². The van der Waals surface area contributed by atoms with Crippen molar-refractivity contribution in [3.63, 3.8) is 0 Å². The number of hydrogen-bond acceptors (Lipinski definition) is 6. The fourth-order valence-corrected chi connectivity index (χ4v) is 4.30. The van der Waals surface area contributed by atoms with E-state index in [4.69, 9.17) is 4.74 Å². The van der Waals surface area contributed by atoms with Crippen LogP contribution in [0.1, 0.15) is 37.8 Å². The average Bonchev–Trinajstić information content (AvgIpc) is 3.33. The highest BCUT2D eigenvalue weighted by atomic mass is 19.3. The molecule has 0 saturated carbocycles. The Kier molecular flexibility index (Phi) is 5.71. The standard InChI is InChI=1S/C26H18F2N2O6/c27-26(28,24(33)36-30-22(31)19-11-5-6-12-20(19)23(30)32)14-29-25(34)35-13-21-17-9-3-1-7-15(17)16-8-2-4-10-18(16)21/h1-12,21H,13-14H2,(H,29,34). The predicted molar refractivity (Wildman–Crippen MR) is 121 cm³/mol. The Hall–Kier alpha value is -4.60. The monoisotopic (exact) mass is 492 g/mol. The molecule has 3 aromatic rings. The second kappa shape index (κ2) is 8.88. The van der Waals surface area contributed by atoms with Gasteiger partial charge in [-0.05, 0) is 34.4 Å². The van der Waals surface area contributed by atoms with Crippen LogP contribution in [-0.4, -0.2) is 48.0 Å². The summed E-state index contributed by atoms with van der Waals surface area (Å²) in [5.74, 6) is -8.76. The van der Waals surface area contributed by atoms with Gasteiger partial charge in [0.05, 0.1) is 17.7 Å². The largest absolute Gasteiger partial charge is 0.449 e. The zero-order valence-corrected chi connectivity index (χ0v) is 18.6. The van der Waals surface area contributed by atoms with Crippen LogP contribution in [0.15, 0.2) is 72.8 Å². The summed E-state index contributed by atoms with van der Waals surface area (Å²) in [6.45, 7) is -1.56. The molecule has 8 nitrogen and oxygen atoms in total. The van der Waals surface area contributed by atoms with E-state index >= 15 is 0 Å². The molecular weight excluding hydrogens is 474 g/mol. The average molecular weight is 492 g/mol. The van der Waals surface area contributed by atoms with E-state index in [9.17, 15) is 28.0 Å². The third kappa shape index (κ3) is 3.96. The number of imide groups is 1. The van der Waals surface area contributed by atoms with Gasteiger partial charge in [0.2, 0.25) is 0 Å². The lowest BCUT2D eigenvalue weighted by atomic mass is 9.98. The van der Waals surface area contributed by atoms with Crippen molar-refractivity contribution in [1.82, 2.24) is 10.4 Å². The third-order valence-electron chi connectivity index (χ3n) is 6.03. The molecule has 0 atom stereocenters. The summed E-state index contributed by atoms with van der Waals surface area (Å²) in [7, 11) is 0. The molecular formula is C26H18F2N2O6. The molecule has 182 valence electrons. The number of alkyl halides is 2. The topological polar surface area (TPSA) is 102 Å². The van der Waals surface area contributed by atoms with Gasteiger partial charge >= 0.3 is 18.0 Å². The lowest BCUT2D eigenvalue weighted by Gasteiger charge is -2.19. The molecule has 1 heterocycles. The van der Waals surface area contributed by atoms with Crippen LogP contribution in [0.2, 0.25) is 0 Å². The number of carbonyl (C=O) groups is 4. The van der Waals surface area contributed by atoms with Gasteiger partial charge in [-0.25, -0.2) is 9.59 Å². The van der Waals surface area contributed by atoms with Crippen LogP contribution in [0.3, 0.4) is 0 Å². The van der Waals surface area contributed by atoms with E-state index in [1.54, 1.807) is 0 Å². The van der Waals surface area contributed by atoms with Crippen molar-refractivity contribution in [2.75, 3.05) is 13.2 Å². The second-order valence-corrected chi connectivity index (χ2v) is 8.21. The maximum Gasteiger partial charge on any atom is 0.407 e. The van der Waals surface area contributed by atoms with Crippen molar-refractivity contribution in [3.05, 3.63) is 95.1 Å². The number of hydrogen-bond donors (Lipinski definition) is 1. The lowest BCUT2D eigenvalue weighted by Crippen LogP contribution is -2.46. The van der Waals surface area contributed by atoms with Gasteiger partial charge in [0.1, 0.15) is 6.61 Å². The van der Waals surface area contributed by atoms with E-state index in [1.165, 1.54) is 24.3 Å². The molecule has 0 unspecified atom stereocenters. The molecule has 3 aromatic carbocycles. The first-order chi connectivity index (χ1) is 17.3. The summed E-state index contributed by atoms with van der Waals surface area (Å²) in [6, 6.07) is 20.8. The summed E-state index contributed by atoms with van der Waals surface area (Å²) in [6.07, 6.45) is -1.16. The van der Waals surface area contributed by atoms with Gasteiger partial charge in [0, 0.05) is 5.92 Å². The molecule has 3 amide bonds. The van der Waals surface area contributed by atoms with Crippen LogP contribution in [0.25, 0.3) is 11.1 Å². The van der Waals surface area contributed by atoms with Crippen LogP contribution in [0, 0.1) is 0 Å². The zero-order valence-electron chi connectivity index (χ0n) is 18.6. The maximum absolute atomic E-state index is 14.4. The van der Waals surface area contributed by atoms with Gasteiger partial charge in [0.15, 0.2) is 0 Å². The molecule has 1 N–H and O–H groups in total. The normalized spacial score (nSPS) is 14.2. The Morgan fingerprint density at radius 3 is 1.81 bits per heavy atom. The summed E-state index contributed by atoms with van der Waals surface area (Å²) < 4.78 is 33.9. The van der Waals surface area contributed by atoms with Gasteiger partial charge < -0.3 is 14.9 Å². The molecule has 0 spiro atoms. The third-order valence-corrected chi connectivity index (χ3v) is 6.03. The lowest BCUT2D eigenvalue weighted by molar-refractivity contribution is -0.195. The van der Waals surface area contributed by atoms with Gasteiger partial charge in [-0.1, -0.05) is 65.7 Å². The highest BCUT2D eigenvalue weighted by Gasteiger charge is 2.47. The number of carbonyl (C=O) groups excluding carboxylic acids is 4. The number of rotatable bonds is 6. The first-order valence-electron chi connectivity index (χ1n) is 10.9. The first-order valence-corrected chi connectivity index (χ1v) is 10.9. The maximum atomic E-state index is 14.4. The van der Waals surface area contributed by atoms with Gasteiger partial charge in [-0.15, -0.1) is 0 Å². The molecule has 1 aliphatic carbocycles. The Balaban J connectivity index is 1.17. The number of fused-ring (bicyclic) bond motifs is 4. The van der Waals surface area contributed by atoms with Gasteiger partial charge in [-0.2, -0.15) is 8.78 Å². The summed E-state index contributed by atoms with van der Waals surface area (Å²) in [5, 5.41) is 1.82. The van der Waals surface area contributed by atoms with Gasteiger partial charge in [0.25, 0.3) is 11.8 Å². The molecule has 36 heavy (non-hydrogen) atoms. The van der Waals surface area contributed by atoms with Crippen molar-refractivity contribution >= 4 is 23.9 Å². The Morgan fingerprint density at radius 2 is 1.28 bits per heavy atom. The molecule has 10 heteroatoms. The van der Waals surface area contributed by atoms with Crippen LogP contribution in [0.4, 0.5) is 13.6 Å². The van der Waals surface area contributed by atoms with E-state index in [2.05, 4.69) is 4.84 Å². The minimum atomic E-state index is -4.24. The van der Waals surface area contributed by atoms with Crippen LogP contribution in [0.5, 0.6) is 0 Å². The second-order valence-electron chi connectivity index (χ2n) is 8.21. The van der Waals surface area contributed by atoms with E-state index in [-0.39, 0.29) is 28.7 Å². The van der Waals surface area contributed by atoms with E-state index in [0.29, 0.717) is 0 Å². The SMILES string of the molecule is O=C(NCC(F)(F)C(=O)ON1C(=O)c2ccccc2C1=O)OCC1c2ccccc2-c2ccccc21. The highest BCUT2D eigenvalue weighted by Crippen LogP contribution is 2.44. The Labute approximate surface area is 203 Å². The van der Waals surface area contributed by atoms with Crippen molar-refractivity contribution in [3.8, 4) is 11.1 Å². The number of hydroxylamine groups is 2. The first kappa shape index (κ1) is 23.2. The zero-order chi connectivity index (χ0) is 25.4. The summed E-state index contributed by atoms with van der Waals surface area (Å²) in [5.41, 5.74) is 3.75. The smallest absolute Gasteiger partial charge is 0.407 e. The van der Waals surface area contributed by atoms with Crippen molar-refractivity contribution < 1.29 is 37.5 Å². The number of nitrogens with one attached hydrogen (secondary N) is 1. The van der Waals surface area contributed by atoms with Crippen molar-refractivity contribution in [2.45, 2.75) is 11.8 Å². The van der Waals surface area contributed by atoms with Crippen molar-refractivity contribution in [1.29, 1.82) is 0 Å². The number of amides is 3. The number of halogens is 2. The fraction of sp³-hybridized carbons (Fsp3) is 0.154. The molecule has 0 aromatic heterocycles. The molecule has 5 rings (SSSR count). The van der Waals surface area contributed by atoms with E-state index in [1.807, 2.05) is 53.8 Å². The quantitative estimate of drug-likeness (QED) is 0.524. The Morgan fingerprint density at radius 1 is 0.806 bits per heavy atom. The van der Waals surface area contributed by atoms with Crippen LogP contribution >= 0.6 is 0 Å². The molecule has 0 saturated heterocycles. The molecule has 0 bridgehead atoms. The summed E-state index contributed by atoms with van der Waals surface area (Å²) in [4.78, 5) is 53.0. The number of alkyl carbamates (subject to hydrolysis) is 1. The minimum Gasteiger partial charge on any atom is -0.449 e. The number of ether oxygens (including phenoxy) is 1. The molecule has 0 fully saturated rings. The summed E-state index contributed by atoms with van der Waals surface area (Å²) >= 11 is 0. The van der Waals surface area contributed by atoms with E-state index in [0.717, 1.165) is 22.3 Å². The molecule has 1 aliphatic heterocycles. The van der Waals surface area contributed by atoms with Crippen LogP contribution in [-0.2, 0) is 14.4 Å². The fourth-order valence-electron chi connectivity index (χ4n) is 4.30. The van der Waals surface area contributed by atoms with E-state index < -0.39 is 36.3 Å². The molecule has 0 radical (unpaired) electrons. The van der Waals surface area contributed by atoms with Crippen molar-refractivity contribution in [2.24, 2.45) is 0 Å². The highest BCUT2D eigenvalue weighted by molar-refractivity contribution is 6.21. The molecule has 2 aliphatic rings. The number of benzene rings is 3. The number of nitrogens with zero attached hydrogens (tertiary/aromatic N) is 1. The predicted octanol–water partition coefficient (Wildman–Crippen LogP) is 3.91. The Bertz CT molecular complexity index is 1330. The van der Waals surface area contributed by atoms with Crippen LogP contribution < -0.4 is 5.32 Å². The minimum absolute atomic E-state index is 0.0196.